The topological polar surface area (TPSA) is 86.7 Å². The van der Waals surface area contributed by atoms with Crippen molar-refractivity contribution in [1.29, 1.82) is 0 Å². The van der Waals surface area contributed by atoms with Crippen molar-refractivity contribution in [2.45, 2.75) is 38.1 Å². The molecule has 0 aromatic heterocycles. The molecule has 0 amide bonds. The highest BCUT2D eigenvalue weighted by molar-refractivity contribution is 7.87. The summed E-state index contributed by atoms with van der Waals surface area (Å²) in [5.74, 6) is -1.48. The van der Waals surface area contributed by atoms with Crippen LogP contribution in [-0.2, 0) is 15.0 Å². The maximum Gasteiger partial charge on any atom is 0.308 e. The van der Waals surface area contributed by atoms with Crippen LogP contribution in [0.4, 0.5) is 0 Å². The van der Waals surface area contributed by atoms with Crippen LogP contribution < -0.4 is 4.72 Å². The molecule has 2 unspecified atom stereocenters. The van der Waals surface area contributed by atoms with Gasteiger partial charge in [0, 0.05) is 19.1 Å². The minimum atomic E-state index is -3.49. The normalized spacial score (nSPS) is 30.8. The van der Waals surface area contributed by atoms with Crippen molar-refractivity contribution in [3.05, 3.63) is 0 Å². The van der Waals surface area contributed by atoms with E-state index in [0.29, 0.717) is 25.9 Å². The number of nitrogens with zero attached hydrogens (tertiary/aromatic N) is 1. The molecule has 17 heavy (non-hydrogen) atoms. The maximum absolute atomic E-state index is 12.0. The molecule has 0 aromatic carbocycles. The number of carboxylic acid groups (broad SMARTS) is 1. The van der Waals surface area contributed by atoms with E-state index < -0.39 is 28.1 Å². The van der Waals surface area contributed by atoms with Crippen molar-refractivity contribution in [2.24, 2.45) is 5.92 Å². The van der Waals surface area contributed by atoms with E-state index in [1.807, 2.05) is 0 Å². The number of aliphatic carboxylic acids is 1. The first-order chi connectivity index (χ1) is 8.00. The number of nitrogens with one attached hydrogen (secondary N) is 1. The second-order valence-electron chi connectivity index (χ2n) is 4.71. The fourth-order valence-electron chi connectivity index (χ4n) is 2.59. The molecule has 98 valence electrons. The first kappa shape index (κ1) is 12.8. The molecular weight excluding hydrogens is 244 g/mol. The smallest absolute Gasteiger partial charge is 0.308 e. The summed E-state index contributed by atoms with van der Waals surface area (Å²) in [6.07, 6.45) is 3.71. The quantitative estimate of drug-likeness (QED) is 0.756. The Labute approximate surface area is 101 Å². The van der Waals surface area contributed by atoms with Gasteiger partial charge in [0.1, 0.15) is 0 Å². The summed E-state index contributed by atoms with van der Waals surface area (Å²) < 4.78 is 27.9. The number of hydrogen-bond donors (Lipinski definition) is 2. The average molecular weight is 262 g/mol. The number of carboxylic acids is 1. The summed E-state index contributed by atoms with van der Waals surface area (Å²) >= 11 is 0. The van der Waals surface area contributed by atoms with Crippen molar-refractivity contribution in [2.75, 3.05) is 13.1 Å². The molecule has 2 aliphatic rings. The zero-order valence-electron chi connectivity index (χ0n) is 9.63. The molecule has 2 fully saturated rings. The standard InChI is InChI=1S/C10H18N2O4S/c13-10(14)8-4-3-5-9(8)11-17(15,16)12-6-1-2-7-12/h8-9,11H,1-7H2,(H,13,14). The largest absolute Gasteiger partial charge is 0.481 e. The van der Waals surface area contributed by atoms with Crippen molar-refractivity contribution >= 4 is 16.2 Å². The molecule has 6 nitrogen and oxygen atoms in total. The minimum absolute atomic E-state index is 0.446. The lowest BCUT2D eigenvalue weighted by atomic mass is 10.1. The maximum atomic E-state index is 12.0. The molecule has 0 aromatic rings. The van der Waals surface area contributed by atoms with Gasteiger partial charge in [-0.1, -0.05) is 6.42 Å². The molecule has 0 bridgehead atoms. The molecule has 0 radical (unpaired) electrons. The Morgan fingerprint density at radius 2 is 1.82 bits per heavy atom. The van der Waals surface area contributed by atoms with Gasteiger partial charge in [0.15, 0.2) is 0 Å². The minimum Gasteiger partial charge on any atom is -0.481 e. The zero-order chi connectivity index (χ0) is 12.5. The second kappa shape index (κ2) is 4.91. The van der Waals surface area contributed by atoms with Crippen LogP contribution in [-0.4, -0.2) is 42.9 Å². The van der Waals surface area contributed by atoms with Crippen molar-refractivity contribution in [1.82, 2.24) is 9.03 Å². The van der Waals surface area contributed by atoms with Gasteiger partial charge in [-0.15, -0.1) is 0 Å². The number of carbonyl (C=O) groups is 1. The zero-order valence-corrected chi connectivity index (χ0v) is 10.4. The van der Waals surface area contributed by atoms with Gasteiger partial charge < -0.3 is 5.11 Å². The van der Waals surface area contributed by atoms with E-state index in [9.17, 15) is 13.2 Å². The molecule has 1 saturated heterocycles. The first-order valence-corrected chi connectivity index (χ1v) is 7.45. The van der Waals surface area contributed by atoms with Crippen LogP contribution in [0.5, 0.6) is 0 Å². The molecule has 1 saturated carbocycles. The molecule has 2 rings (SSSR count). The molecule has 1 aliphatic heterocycles. The highest BCUT2D eigenvalue weighted by Crippen LogP contribution is 2.27. The summed E-state index contributed by atoms with van der Waals surface area (Å²) in [6, 6.07) is -0.446. The summed E-state index contributed by atoms with van der Waals surface area (Å²) in [5.41, 5.74) is 0. The van der Waals surface area contributed by atoms with Crippen LogP contribution in [0.25, 0.3) is 0 Å². The Morgan fingerprint density at radius 3 is 2.41 bits per heavy atom. The van der Waals surface area contributed by atoms with Crippen LogP contribution >= 0.6 is 0 Å². The first-order valence-electron chi connectivity index (χ1n) is 6.01. The molecule has 0 spiro atoms. The van der Waals surface area contributed by atoms with Gasteiger partial charge in [0.25, 0.3) is 10.2 Å². The molecule has 2 atom stereocenters. The molecule has 1 heterocycles. The van der Waals surface area contributed by atoms with Crippen molar-refractivity contribution < 1.29 is 18.3 Å². The van der Waals surface area contributed by atoms with Gasteiger partial charge >= 0.3 is 5.97 Å². The third-order valence-electron chi connectivity index (χ3n) is 3.54. The number of rotatable bonds is 4. The van der Waals surface area contributed by atoms with E-state index in [1.54, 1.807) is 0 Å². The lowest BCUT2D eigenvalue weighted by Crippen LogP contribution is -2.46. The Hall–Kier alpha value is -0.660. The third kappa shape index (κ3) is 2.78. The highest BCUT2D eigenvalue weighted by Gasteiger charge is 2.37. The van der Waals surface area contributed by atoms with Gasteiger partial charge in [-0.2, -0.15) is 17.4 Å². The van der Waals surface area contributed by atoms with Crippen molar-refractivity contribution in [3.8, 4) is 0 Å². The van der Waals surface area contributed by atoms with Gasteiger partial charge in [-0.3, -0.25) is 4.79 Å². The summed E-state index contributed by atoms with van der Waals surface area (Å²) in [6.45, 7) is 1.08. The molecule has 7 heteroatoms. The fourth-order valence-corrected chi connectivity index (χ4v) is 4.14. The van der Waals surface area contributed by atoms with E-state index in [4.69, 9.17) is 5.11 Å². The van der Waals surface area contributed by atoms with E-state index in [0.717, 1.165) is 19.3 Å². The van der Waals surface area contributed by atoms with E-state index in [1.165, 1.54) is 4.31 Å². The van der Waals surface area contributed by atoms with Crippen LogP contribution in [0.3, 0.4) is 0 Å². The molecule has 2 N–H and O–H groups in total. The Bertz CT molecular complexity index is 389. The summed E-state index contributed by atoms with van der Waals surface area (Å²) in [5, 5.41) is 9.00. The molecular formula is C10H18N2O4S. The van der Waals surface area contributed by atoms with E-state index in [-0.39, 0.29) is 0 Å². The van der Waals surface area contributed by atoms with Crippen LogP contribution in [0.1, 0.15) is 32.1 Å². The lowest BCUT2D eigenvalue weighted by molar-refractivity contribution is -0.141. The SMILES string of the molecule is O=C(O)C1CCCC1NS(=O)(=O)N1CCCC1. The predicted molar refractivity (Wildman–Crippen MR) is 61.6 cm³/mol. The Kier molecular flexibility index (Phi) is 3.70. The third-order valence-corrected chi connectivity index (χ3v) is 5.18. The summed E-state index contributed by atoms with van der Waals surface area (Å²) in [7, 11) is -3.49. The average Bonchev–Trinajstić information content (AvgIpc) is 2.85. The van der Waals surface area contributed by atoms with E-state index in [2.05, 4.69) is 4.72 Å². The number of hydrogen-bond acceptors (Lipinski definition) is 3. The second-order valence-corrected chi connectivity index (χ2v) is 6.41. The van der Waals surface area contributed by atoms with Crippen LogP contribution in [0.15, 0.2) is 0 Å². The van der Waals surface area contributed by atoms with Gasteiger partial charge in [-0.25, -0.2) is 0 Å². The van der Waals surface area contributed by atoms with Crippen molar-refractivity contribution in [3.63, 3.8) is 0 Å². The van der Waals surface area contributed by atoms with Crippen LogP contribution in [0.2, 0.25) is 0 Å². The Balaban J connectivity index is 2.02. The lowest BCUT2D eigenvalue weighted by Gasteiger charge is -2.22. The van der Waals surface area contributed by atoms with Gasteiger partial charge in [0.2, 0.25) is 0 Å². The van der Waals surface area contributed by atoms with Gasteiger partial charge in [-0.05, 0) is 25.7 Å². The van der Waals surface area contributed by atoms with E-state index >= 15 is 0 Å². The highest BCUT2D eigenvalue weighted by atomic mass is 32.2. The van der Waals surface area contributed by atoms with Crippen LogP contribution in [0, 0.1) is 5.92 Å². The predicted octanol–water partition coefficient (Wildman–Crippen LogP) is 0.170. The van der Waals surface area contributed by atoms with Gasteiger partial charge in [0.05, 0.1) is 5.92 Å². The monoisotopic (exact) mass is 262 g/mol. The Morgan fingerprint density at radius 1 is 1.18 bits per heavy atom. The molecule has 1 aliphatic carbocycles. The summed E-state index contributed by atoms with van der Waals surface area (Å²) in [4.78, 5) is 11.0. The fraction of sp³-hybridized carbons (Fsp3) is 0.900.